The predicted octanol–water partition coefficient (Wildman–Crippen LogP) is 1.72. The molecule has 0 bridgehead atoms. The van der Waals surface area contributed by atoms with Crippen LogP contribution in [0, 0.1) is 12.7 Å². The Labute approximate surface area is 111 Å². The van der Waals surface area contributed by atoms with Crippen LogP contribution in [0.2, 0.25) is 0 Å². The third-order valence-electron chi connectivity index (χ3n) is 2.71. The normalized spacial score (nSPS) is 10.7. The molecule has 0 aliphatic carbocycles. The van der Waals surface area contributed by atoms with Crippen LogP contribution in [0.15, 0.2) is 24.4 Å². The number of halogens is 1. The average Bonchev–Trinajstić information content (AvgIpc) is 2.85. The van der Waals surface area contributed by atoms with Gasteiger partial charge >= 0.3 is 0 Å². The summed E-state index contributed by atoms with van der Waals surface area (Å²) in [5.41, 5.74) is 2.19. The SMILES string of the molecule is Cc1ccc(F)c(NCc2cn(CCCO)nn2)c1. The average molecular weight is 264 g/mol. The first-order valence-corrected chi connectivity index (χ1v) is 6.19. The Balaban J connectivity index is 1.94. The molecule has 0 saturated carbocycles. The molecule has 1 aromatic carbocycles. The van der Waals surface area contributed by atoms with Gasteiger partial charge in [-0.25, -0.2) is 4.39 Å². The topological polar surface area (TPSA) is 63.0 Å². The molecule has 5 nitrogen and oxygen atoms in total. The summed E-state index contributed by atoms with van der Waals surface area (Å²) < 4.78 is 15.2. The van der Waals surface area contributed by atoms with Gasteiger partial charge < -0.3 is 10.4 Å². The van der Waals surface area contributed by atoms with Crippen molar-refractivity contribution < 1.29 is 9.50 Å². The van der Waals surface area contributed by atoms with Crippen LogP contribution in [0.5, 0.6) is 0 Å². The molecule has 0 amide bonds. The number of hydrogen-bond donors (Lipinski definition) is 2. The van der Waals surface area contributed by atoms with Crippen molar-refractivity contribution in [2.75, 3.05) is 11.9 Å². The molecule has 0 spiro atoms. The molecule has 0 radical (unpaired) electrons. The van der Waals surface area contributed by atoms with Gasteiger partial charge in [0.05, 0.1) is 18.4 Å². The summed E-state index contributed by atoms with van der Waals surface area (Å²) >= 11 is 0. The Bertz CT molecular complexity index is 541. The van der Waals surface area contributed by atoms with E-state index >= 15 is 0 Å². The summed E-state index contributed by atoms with van der Waals surface area (Å²) in [7, 11) is 0. The van der Waals surface area contributed by atoms with Gasteiger partial charge in [0.2, 0.25) is 0 Å². The van der Waals surface area contributed by atoms with Crippen molar-refractivity contribution >= 4 is 5.69 Å². The molecule has 19 heavy (non-hydrogen) atoms. The highest BCUT2D eigenvalue weighted by Crippen LogP contribution is 2.16. The zero-order valence-corrected chi connectivity index (χ0v) is 10.8. The minimum atomic E-state index is -0.279. The summed E-state index contributed by atoms with van der Waals surface area (Å²) in [6.45, 7) is 3.08. The Morgan fingerprint density at radius 2 is 2.26 bits per heavy atom. The van der Waals surface area contributed by atoms with Crippen LogP contribution in [0.3, 0.4) is 0 Å². The van der Waals surface area contributed by atoms with Crippen LogP contribution in [-0.4, -0.2) is 26.7 Å². The van der Waals surface area contributed by atoms with Gasteiger partial charge in [0, 0.05) is 13.2 Å². The molecule has 0 unspecified atom stereocenters. The molecule has 0 fully saturated rings. The Morgan fingerprint density at radius 1 is 1.42 bits per heavy atom. The zero-order valence-electron chi connectivity index (χ0n) is 10.8. The van der Waals surface area contributed by atoms with Crippen molar-refractivity contribution in [2.24, 2.45) is 0 Å². The fourth-order valence-corrected chi connectivity index (χ4v) is 1.72. The molecule has 1 heterocycles. The van der Waals surface area contributed by atoms with E-state index in [4.69, 9.17) is 5.11 Å². The van der Waals surface area contributed by atoms with Gasteiger partial charge in [-0.3, -0.25) is 4.68 Å². The predicted molar refractivity (Wildman–Crippen MR) is 70.2 cm³/mol. The fourth-order valence-electron chi connectivity index (χ4n) is 1.72. The molecule has 2 rings (SSSR count). The number of aliphatic hydroxyl groups is 1. The molecule has 1 aromatic heterocycles. The van der Waals surface area contributed by atoms with Gasteiger partial charge in [-0.05, 0) is 31.0 Å². The van der Waals surface area contributed by atoms with E-state index in [9.17, 15) is 4.39 Å². The van der Waals surface area contributed by atoms with E-state index in [0.29, 0.717) is 25.2 Å². The van der Waals surface area contributed by atoms with E-state index in [-0.39, 0.29) is 12.4 Å². The number of rotatable bonds is 6. The largest absolute Gasteiger partial charge is 0.396 e. The number of hydrogen-bond acceptors (Lipinski definition) is 4. The van der Waals surface area contributed by atoms with Gasteiger partial charge in [-0.15, -0.1) is 5.10 Å². The number of aliphatic hydroxyl groups excluding tert-OH is 1. The first kappa shape index (κ1) is 13.5. The maximum atomic E-state index is 13.5. The smallest absolute Gasteiger partial charge is 0.146 e. The standard InChI is InChI=1S/C13H17FN4O/c1-10-3-4-12(14)13(7-10)15-8-11-9-18(17-16-11)5-2-6-19/h3-4,7,9,15,19H,2,5-6,8H2,1H3. The van der Waals surface area contributed by atoms with E-state index in [1.807, 2.05) is 6.92 Å². The van der Waals surface area contributed by atoms with Crippen LogP contribution in [0.25, 0.3) is 0 Å². The van der Waals surface area contributed by atoms with Crippen LogP contribution in [0.1, 0.15) is 17.7 Å². The monoisotopic (exact) mass is 264 g/mol. The third-order valence-corrected chi connectivity index (χ3v) is 2.71. The summed E-state index contributed by atoms with van der Waals surface area (Å²) in [5.74, 6) is -0.279. The first-order valence-electron chi connectivity index (χ1n) is 6.19. The molecule has 0 aliphatic heterocycles. The molecule has 2 N–H and O–H groups in total. The van der Waals surface area contributed by atoms with E-state index in [0.717, 1.165) is 11.3 Å². The highest BCUT2D eigenvalue weighted by Gasteiger charge is 2.04. The van der Waals surface area contributed by atoms with E-state index in [1.54, 1.807) is 23.0 Å². The van der Waals surface area contributed by atoms with Crippen LogP contribution < -0.4 is 5.32 Å². The molecular formula is C13H17FN4O. The summed E-state index contributed by atoms with van der Waals surface area (Å²) in [4.78, 5) is 0. The van der Waals surface area contributed by atoms with E-state index < -0.39 is 0 Å². The number of nitrogens with zero attached hydrogens (tertiary/aromatic N) is 3. The van der Waals surface area contributed by atoms with Crippen LogP contribution in [0.4, 0.5) is 10.1 Å². The van der Waals surface area contributed by atoms with Crippen LogP contribution >= 0.6 is 0 Å². The Hall–Kier alpha value is -1.95. The van der Waals surface area contributed by atoms with Crippen LogP contribution in [-0.2, 0) is 13.1 Å². The molecular weight excluding hydrogens is 247 g/mol. The lowest BCUT2D eigenvalue weighted by atomic mass is 10.2. The molecule has 0 aliphatic rings. The van der Waals surface area contributed by atoms with Gasteiger partial charge in [0.1, 0.15) is 11.5 Å². The van der Waals surface area contributed by atoms with Gasteiger partial charge in [-0.1, -0.05) is 11.3 Å². The maximum absolute atomic E-state index is 13.5. The molecule has 6 heteroatoms. The lowest BCUT2D eigenvalue weighted by molar-refractivity contribution is 0.276. The minimum Gasteiger partial charge on any atom is -0.396 e. The number of benzene rings is 1. The molecule has 2 aromatic rings. The van der Waals surface area contributed by atoms with Crippen molar-refractivity contribution in [2.45, 2.75) is 26.4 Å². The Kier molecular flexibility index (Phi) is 4.46. The van der Waals surface area contributed by atoms with Crippen molar-refractivity contribution in [3.05, 3.63) is 41.5 Å². The van der Waals surface area contributed by atoms with E-state index in [1.165, 1.54) is 6.07 Å². The second kappa shape index (κ2) is 6.29. The number of aromatic nitrogens is 3. The fraction of sp³-hybridized carbons (Fsp3) is 0.385. The Morgan fingerprint density at radius 3 is 3.05 bits per heavy atom. The zero-order chi connectivity index (χ0) is 13.7. The van der Waals surface area contributed by atoms with E-state index in [2.05, 4.69) is 15.6 Å². The second-order valence-corrected chi connectivity index (χ2v) is 4.39. The number of nitrogens with one attached hydrogen (secondary N) is 1. The molecule has 0 saturated heterocycles. The second-order valence-electron chi connectivity index (χ2n) is 4.39. The summed E-state index contributed by atoms with van der Waals surface area (Å²) in [5, 5.41) is 19.6. The quantitative estimate of drug-likeness (QED) is 0.834. The first-order chi connectivity index (χ1) is 9.19. The van der Waals surface area contributed by atoms with Crippen molar-refractivity contribution in [3.63, 3.8) is 0 Å². The number of aryl methyl sites for hydroxylation is 2. The number of anilines is 1. The van der Waals surface area contributed by atoms with Crippen molar-refractivity contribution in [1.29, 1.82) is 0 Å². The maximum Gasteiger partial charge on any atom is 0.146 e. The summed E-state index contributed by atoms with van der Waals surface area (Å²) in [6, 6.07) is 4.92. The summed E-state index contributed by atoms with van der Waals surface area (Å²) in [6.07, 6.45) is 2.43. The lowest BCUT2D eigenvalue weighted by Crippen LogP contribution is -2.02. The van der Waals surface area contributed by atoms with Crippen molar-refractivity contribution in [1.82, 2.24) is 15.0 Å². The lowest BCUT2D eigenvalue weighted by Gasteiger charge is -2.06. The van der Waals surface area contributed by atoms with Crippen molar-refractivity contribution in [3.8, 4) is 0 Å². The van der Waals surface area contributed by atoms with Gasteiger partial charge in [0.15, 0.2) is 0 Å². The highest BCUT2D eigenvalue weighted by molar-refractivity contribution is 5.47. The van der Waals surface area contributed by atoms with Gasteiger partial charge in [-0.2, -0.15) is 0 Å². The van der Waals surface area contributed by atoms with Gasteiger partial charge in [0.25, 0.3) is 0 Å². The highest BCUT2D eigenvalue weighted by atomic mass is 19.1. The minimum absolute atomic E-state index is 0.127. The third kappa shape index (κ3) is 3.75. The molecule has 102 valence electrons. The molecule has 0 atom stereocenters.